The van der Waals surface area contributed by atoms with Crippen LogP contribution in [0.3, 0.4) is 0 Å². The van der Waals surface area contributed by atoms with Crippen molar-refractivity contribution in [2.75, 3.05) is 0 Å². The second kappa shape index (κ2) is 3.84. The van der Waals surface area contributed by atoms with Crippen LogP contribution in [-0.2, 0) is 0 Å². The van der Waals surface area contributed by atoms with Crippen molar-refractivity contribution in [2.24, 2.45) is 23.0 Å². The van der Waals surface area contributed by atoms with E-state index in [1.165, 1.54) is 38.5 Å². The highest BCUT2D eigenvalue weighted by Crippen LogP contribution is 2.66. The van der Waals surface area contributed by atoms with E-state index in [9.17, 15) is 0 Å². The summed E-state index contributed by atoms with van der Waals surface area (Å²) in [6.07, 6.45) is 8.40. The molecule has 1 aromatic rings. The van der Waals surface area contributed by atoms with Crippen molar-refractivity contribution in [1.29, 1.82) is 0 Å². The van der Waals surface area contributed by atoms with Crippen LogP contribution in [0.4, 0.5) is 0 Å². The van der Waals surface area contributed by atoms with Gasteiger partial charge in [0.2, 0.25) is 0 Å². The Morgan fingerprint density at radius 3 is 2.61 bits per heavy atom. The summed E-state index contributed by atoms with van der Waals surface area (Å²) in [6, 6.07) is 11.7. The maximum atomic E-state index is 6.69. The Labute approximate surface area is 110 Å². The molecule has 4 rings (SSSR count). The number of benzene rings is 1. The van der Waals surface area contributed by atoms with Crippen molar-refractivity contribution in [1.82, 2.24) is 0 Å². The Morgan fingerprint density at radius 1 is 1.06 bits per heavy atom. The first-order valence-corrected chi connectivity index (χ1v) is 7.63. The van der Waals surface area contributed by atoms with E-state index in [1.807, 2.05) is 0 Å². The third-order valence-corrected chi connectivity index (χ3v) is 6.32. The molecule has 3 fully saturated rings. The number of rotatable bonds is 1. The fraction of sp³-hybridized carbons (Fsp3) is 0.647. The third-order valence-electron chi connectivity index (χ3n) is 6.32. The van der Waals surface area contributed by atoms with E-state index in [1.54, 1.807) is 5.56 Å². The zero-order chi connectivity index (χ0) is 12.2. The van der Waals surface area contributed by atoms with Gasteiger partial charge in [-0.25, -0.2) is 0 Å². The molecule has 0 heterocycles. The maximum absolute atomic E-state index is 6.69. The van der Waals surface area contributed by atoms with Crippen molar-refractivity contribution in [3.05, 3.63) is 35.9 Å². The molecule has 0 aromatic heterocycles. The molecule has 0 saturated heterocycles. The molecule has 0 aliphatic heterocycles. The second-order valence-corrected chi connectivity index (χ2v) is 6.76. The highest BCUT2D eigenvalue weighted by atomic mass is 14.8. The van der Waals surface area contributed by atoms with Crippen LogP contribution in [0.1, 0.15) is 50.0 Å². The van der Waals surface area contributed by atoms with E-state index in [2.05, 4.69) is 30.3 Å². The highest BCUT2D eigenvalue weighted by molar-refractivity contribution is 5.28. The molecule has 2 N–H and O–H groups in total. The summed E-state index contributed by atoms with van der Waals surface area (Å²) >= 11 is 0. The van der Waals surface area contributed by atoms with E-state index < -0.39 is 0 Å². The number of hydrogen-bond donors (Lipinski definition) is 1. The Bertz CT molecular complexity index is 436. The fourth-order valence-electron chi connectivity index (χ4n) is 5.65. The predicted molar refractivity (Wildman–Crippen MR) is 74.3 cm³/mol. The van der Waals surface area contributed by atoms with Gasteiger partial charge in [0.1, 0.15) is 0 Å². The molecule has 2 bridgehead atoms. The van der Waals surface area contributed by atoms with E-state index in [4.69, 9.17) is 5.73 Å². The lowest BCUT2D eigenvalue weighted by Gasteiger charge is -2.44. The molecule has 96 valence electrons. The quantitative estimate of drug-likeness (QED) is 0.797. The van der Waals surface area contributed by atoms with Gasteiger partial charge in [0.25, 0.3) is 0 Å². The average Bonchev–Trinajstić information content (AvgIpc) is 3.10. The van der Waals surface area contributed by atoms with Crippen molar-refractivity contribution in [3.63, 3.8) is 0 Å². The molecular weight excluding hydrogens is 218 g/mol. The summed E-state index contributed by atoms with van der Waals surface area (Å²) in [5.41, 5.74) is 8.70. The van der Waals surface area contributed by atoms with Crippen LogP contribution < -0.4 is 5.73 Å². The molecule has 1 aromatic carbocycles. The monoisotopic (exact) mass is 241 g/mol. The summed E-state index contributed by atoms with van der Waals surface area (Å²) in [5.74, 6) is 2.49. The molecule has 0 radical (unpaired) electrons. The van der Waals surface area contributed by atoms with E-state index in [0.717, 1.165) is 17.8 Å². The number of nitrogens with two attached hydrogens (primary N) is 1. The van der Waals surface area contributed by atoms with Gasteiger partial charge in [-0.1, -0.05) is 36.8 Å². The molecule has 0 amide bonds. The topological polar surface area (TPSA) is 26.0 Å². The molecule has 5 unspecified atom stereocenters. The zero-order valence-electron chi connectivity index (χ0n) is 11.0. The van der Waals surface area contributed by atoms with Gasteiger partial charge in [0.05, 0.1) is 0 Å². The first-order valence-electron chi connectivity index (χ1n) is 7.63. The summed E-state index contributed by atoms with van der Waals surface area (Å²) < 4.78 is 0. The molecule has 3 aliphatic carbocycles. The van der Waals surface area contributed by atoms with Gasteiger partial charge >= 0.3 is 0 Å². The third kappa shape index (κ3) is 1.26. The Balaban J connectivity index is 1.76. The molecule has 1 spiro atoms. The van der Waals surface area contributed by atoms with Gasteiger partial charge < -0.3 is 5.73 Å². The molecule has 5 atom stereocenters. The Hall–Kier alpha value is -0.820. The van der Waals surface area contributed by atoms with E-state index in [0.29, 0.717) is 11.5 Å². The van der Waals surface area contributed by atoms with Crippen LogP contribution in [0, 0.1) is 17.3 Å². The van der Waals surface area contributed by atoms with Gasteiger partial charge in [-0.05, 0) is 60.8 Å². The number of hydrogen-bond acceptors (Lipinski definition) is 1. The lowest BCUT2D eigenvalue weighted by Crippen LogP contribution is -2.47. The van der Waals surface area contributed by atoms with Gasteiger partial charge in [-0.2, -0.15) is 0 Å². The van der Waals surface area contributed by atoms with Crippen molar-refractivity contribution in [3.8, 4) is 0 Å². The standard InChI is InChI=1S/C17H23N/c18-16-13-8-9-14(11-13)17(16)10-4-7-15(17)12-5-2-1-3-6-12/h1-3,5-6,13-16H,4,7-11,18H2. The molecule has 3 aliphatic rings. The van der Waals surface area contributed by atoms with Gasteiger partial charge in [-0.3, -0.25) is 0 Å². The minimum atomic E-state index is 0.463. The van der Waals surface area contributed by atoms with Gasteiger partial charge in [0, 0.05) is 6.04 Å². The zero-order valence-corrected chi connectivity index (χ0v) is 11.0. The summed E-state index contributed by atoms with van der Waals surface area (Å²) in [7, 11) is 0. The van der Waals surface area contributed by atoms with Crippen LogP contribution in [0.2, 0.25) is 0 Å². The number of fused-ring (bicyclic) bond motifs is 3. The molecule has 3 saturated carbocycles. The van der Waals surface area contributed by atoms with Crippen LogP contribution >= 0.6 is 0 Å². The molecule has 1 nitrogen and oxygen atoms in total. The van der Waals surface area contributed by atoms with Crippen LogP contribution in [0.25, 0.3) is 0 Å². The smallest absolute Gasteiger partial charge is 0.0133 e. The highest BCUT2D eigenvalue weighted by Gasteiger charge is 2.61. The first-order chi connectivity index (χ1) is 8.82. The van der Waals surface area contributed by atoms with Crippen molar-refractivity contribution < 1.29 is 0 Å². The lowest BCUT2D eigenvalue weighted by atomic mass is 9.62. The SMILES string of the molecule is NC1C2CCC(C2)C12CCCC2c1ccccc1. The van der Waals surface area contributed by atoms with Gasteiger partial charge in [0.15, 0.2) is 0 Å². The van der Waals surface area contributed by atoms with Crippen molar-refractivity contribution in [2.45, 2.75) is 50.5 Å². The minimum Gasteiger partial charge on any atom is -0.327 e. The normalized spacial score (nSPS) is 46.1. The fourth-order valence-corrected chi connectivity index (χ4v) is 5.65. The second-order valence-electron chi connectivity index (χ2n) is 6.76. The first kappa shape index (κ1) is 11.0. The largest absolute Gasteiger partial charge is 0.327 e. The van der Waals surface area contributed by atoms with Crippen LogP contribution in [0.5, 0.6) is 0 Å². The maximum Gasteiger partial charge on any atom is 0.0133 e. The Morgan fingerprint density at radius 2 is 1.89 bits per heavy atom. The predicted octanol–water partition coefficient (Wildman–Crippen LogP) is 3.70. The molecule has 18 heavy (non-hydrogen) atoms. The Kier molecular flexibility index (Phi) is 2.35. The van der Waals surface area contributed by atoms with E-state index in [-0.39, 0.29) is 0 Å². The molecular formula is C17H23N. The summed E-state index contributed by atoms with van der Waals surface area (Å²) in [4.78, 5) is 0. The van der Waals surface area contributed by atoms with Gasteiger partial charge in [-0.15, -0.1) is 0 Å². The summed E-state index contributed by atoms with van der Waals surface area (Å²) in [6.45, 7) is 0. The van der Waals surface area contributed by atoms with Crippen molar-refractivity contribution >= 4 is 0 Å². The van der Waals surface area contributed by atoms with E-state index >= 15 is 0 Å². The van der Waals surface area contributed by atoms with Crippen LogP contribution in [0.15, 0.2) is 30.3 Å². The molecule has 1 heteroatoms. The minimum absolute atomic E-state index is 0.463. The van der Waals surface area contributed by atoms with Crippen LogP contribution in [-0.4, -0.2) is 6.04 Å². The lowest BCUT2D eigenvalue weighted by molar-refractivity contribution is 0.116. The summed E-state index contributed by atoms with van der Waals surface area (Å²) in [5, 5.41) is 0. The average molecular weight is 241 g/mol.